The zero-order chi connectivity index (χ0) is 6.57. The third-order valence-corrected chi connectivity index (χ3v) is 2.12. The molecule has 0 fully saturated rings. The molecule has 0 amide bonds. The summed E-state index contributed by atoms with van der Waals surface area (Å²) in [6, 6.07) is 0. The van der Waals surface area contributed by atoms with Gasteiger partial charge in [-0.3, -0.25) is 0 Å². The summed E-state index contributed by atoms with van der Waals surface area (Å²) in [5, 5.41) is 3.18. The molecule has 0 aromatic rings. The Morgan fingerprint density at radius 2 is 2.25 bits per heavy atom. The van der Waals surface area contributed by atoms with E-state index in [2.05, 4.69) is 42.7 Å². The Morgan fingerprint density at radius 3 is 2.38 bits per heavy atom. The average Bonchev–Trinajstić information content (AvgIpc) is 1.65. The summed E-state index contributed by atoms with van der Waals surface area (Å²) in [5.74, 6) is 0.810. The molecule has 0 aliphatic rings. The normalized spacial score (nSPS) is 17.9. The van der Waals surface area contributed by atoms with Gasteiger partial charge in [-0.25, -0.2) is 0 Å². The monoisotopic (exact) mass is 225 g/mol. The first kappa shape index (κ1) is 8.75. The Hall–Kier alpha value is 0.755. The predicted molar refractivity (Wildman–Crippen MR) is 49.5 cm³/mol. The van der Waals surface area contributed by atoms with Gasteiger partial charge in [0.15, 0.2) is 0 Å². The number of hydrogen-bond donors (Lipinski definition) is 1. The summed E-state index contributed by atoms with van der Waals surface area (Å²) < 4.78 is 0.646. The number of hydrogen-bond acceptors (Lipinski definition) is 1. The second-order valence-electron chi connectivity index (χ2n) is 2.39. The van der Waals surface area contributed by atoms with Crippen molar-refractivity contribution in [1.29, 1.82) is 0 Å². The zero-order valence-corrected chi connectivity index (χ0v) is 7.90. The van der Waals surface area contributed by atoms with E-state index in [1.165, 1.54) is 6.42 Å². The lowest BCUT2D eigenvalue weighted by Crippen LogP contribution is -2.18. The Morgan fingerprint density at radius 1 is 1.75 bits per heavy atom. The van der Waals surface area contributed by atoms with Crippen molar-refractivity contribution in [2.45, 2.75) is 23.2 Å². The highest BCUT2D eigenvalue weighted by Gasteiger charge is 2.01. The quantitative estimate of drug-likeness (QED) is 0.324. The van der Waals surface area contributed by atoms with Crippen molar-refractivity contribution in [2.24, 2.45) is 0 Å². The van der Waals surface area contributed by atoms with Gasteiger partial charge >= 0.3 is 0 Å². The molecule has 0 aliphatic carbocycles. The van der Waals surface area contributed by atoms with E-state index in [0.717, 1.165) is 5.82 Å². The number of alkyl halides is 1. The van der Waals surface area contributed by atoms with Crippen LogP contribution in [0, 0.1) is 0 Å². The summed E-state index contributed by atoms with van der Waals surface area (Å²) in [7, 11) is 4.24. The van der Waals surface area contributed by atoms with E-state index in [0.29, 0.717) is 4.05 Å². The Kier molecular flexibility index (Phi) is 5.05. The van der Waals surface area contributed by atoms with Gasteiger partial charge in [0.2, 0.25) is 0 Å². The van der Waals surface area contributed by atoms with E-state index in [9.17, 15) is 0 Å². The SMILES string of the molecule is BC(C)CC(I)NC. The lowest BCUT2D eigenvalue weighted by Gasteiger charge is -2.09. The number of halogens is 1. The Labute approximate surface area is 66.2 Å². The molecule has 0 saturated heterocycles. The van der Waals surface area contributed by atoms with Crippen LogP contribution in [0.4, 0.5) is 0 Å². The van der Waals surface area contributed by atoms with Crippen molar-refractivity contribution < 1.29 is 0 Å². The summed E-state index contributed by atoms with van der Waals surface area (Å²) in [6.45, 7) is 2.24. The molecular formula is C5H13BIN. The Bertz CT molecular complexity index is 58.4. The molecule has 0 saturated carbocycles. The van der Waals surface area contributed by atoms with Crippen LogP contribution < -0.4 is 5.32 Å². The minimum Gasteiger partial charge on any atom is -0.309 e. The number of nitrogens with one attached hydrogen (secondary N) is 1. The summed E-state index contributed by atoms with van der Waals surface area (Å²) >= 11 is 2.41. The van der Waals surface area contributed by atoms with E-state index >= 15 is 0 Å². The molecule has 0 bridgehead atoms. The van der Waals surface area contributed by atoms with Gasteiger partial charge in [-0.15, -0.1) is 0 Å². The Balaban J connectivity index is 3.10. The molecule has 0 rings (SSSR count). The predicted octanol–water partition coefficient (Wildman–Crippen LogP) is 0.798. The first-order valence-electron chi connectivity index (χ1n) is 2.98. The molecule has 2 unspecified atom stereocenters. The second-order valence-corrected chi connectivity index (χ2v) is 3.89. The highest BCUT2D eigenvalue weighted by atomic mass is 127. The molecular weight excluding hydrogens is 212 g/mol. The van der Waals surface area contributed by atoms with E-state index in [1.54, 1.807) is 0 Å². The second kappa shape index (κ2) is 4.62. The van der Waals surface area contributed by atoms with Crippen LogP contribution in [0.3, 0.4) is 0 Å². The van der Waals surface area contributed by atoms with Crippen LogP contribution in [0.25, 0.3) is 0 Å². The minimum atomic E-state index is 0.646. The van der Waals surface area contributed by atoms with E-state index in [-0.39, 0.29) is 0 Å². The van der Waals surface area contributed by atoms with Gasteiger partial charge in [0.25, 0.3) is 0 Å². The van der Waals surface area contributed by atoms with Crippen molar-refractivity contribution >= 4 is 30.4 Å². The van der Waals surface area contributed by atoms with Crippen LogP contribution in [-0.2, 0) is 0 Å². The lowest BCUT2D eigenvalue weighted by atomic mass is 9.87. The van der Waals surface area contributed by atoms with Crippen LogP contribution in [0.2, 0.25) is 5.82 Å². The summed E-state index contributed by atoms with van der Waals surface area (Å²) in [5.41, 5.74) is 0. The van der Waals surface area contributed by atoms with Crippen LogP contribution >= 0.6 is 22.6 Å². The maximum absolute atomic E-state index is 3.18. The molecule has 2 atom stereocenters. The minimum absolute atomic E-state index is 0.646. The smallest absolute Gasteiger partial charge is 0.105 e. The van der Waals surface area contributed by atoms with Crippen molar-refractivity contribution in [3.8, 4) is 0 Å². The topological polar surface area (TPSA) is 12.0 Å². The fourth-order valence-corrected chi connectivity index (χ4v) is 1.55. The first-order chi connectivity index (χ1) is 3.66. The van der Waals surface area contributed by atoms with Crippen LogP contribution in [-0.4, -0.2) is 18.9 Å². The molecule has 0 aliphatic heterocycles. The molecule has 1 N–H and O–H groups in total. The van der Waals surface area contributed by atoms with Gasteiger partial charge in [0, 0.05) is 0 Å². The highest BCUT2D eigenvalue weighted by molar-refractivity contribution is 14.1. The van der Waals surface area contributed by atoms with E-state index < -0.39 is 0 Å². The zero-order valence-electron chi connectivity index (χ0n) is 5.74. The number of rotatable bonds is 3. The van der Waals surface area contributed by atoms with Crippen LogP contribution in [0.1, 0.15) is 13.3 Å². The van der Waals surface area contributed by atoms with Crippen LogP contribution in [0.15, 0.2) is 0 Å². The van der Waals surface area contributed by atoms with Crippen LogP contribution in [0.5, 0.6) is 0 Å². The average molecular weight is 225 g/mol. The first-order valence-corrected chi connectivity index (χ1v) is 4.22. The lowest BCUT2D eigenvalue weighted by molar-refractivity contribution is 0.686. The molecule has 0 radical (unpaired) electrons. The van der Waals surface area contributed by atoms with Gasteiger partial charge in [-0.2, -0.15) is 0 Å². The van der Waals surface area contributed by atoms with Gasteiger partial charge in [-0.05, 0) is 13.5 Å². The summed E-state index contributed by atoms with van der Waals surface area (Å²) in [4.78, 5) is 0. The van der Waals surface area contributed by atoms with Gasteiger partial charge in [-0.1, -0.05) is 35.3 Å². The molecule has 48 valence electrons. The third-order valence-electron chi connectivity index (χ3n) is 0.992. The standard InChI is InChI=1S/C5H13BIN/c1-4(6)3-5(7)8-2/h4-5,8H,3,6H2,1-2H3. The largest absolute Gasteiger partial charge is 0.309 e. The fourth-order valence-electron chi connectivity index (χ4n) is 0.532. The summed E-state index contributed by atoms with van der Waals surface area (Å²) in [6.07, 6.45) is 1.26. The van der Waals surface area contributed by atoms with Crippen molar-refractivity contribution in [1.82, 2.24) is 5.32 Å². The third kappa shape index (κ3) is 4.90. The molecule has 3 heteroatoms. The molecule has 1 nitrogen and oxygen atoms in total. The molecule has 0 aromatic heterocycles. The molecule has 0 heterocycles. The maximum Gasteiger partial charge on any atom is 0.105 e. The molecule has 0 aromatic carbocycles. The van der Waals surface area contributed by atoms with Crippen molar-refractivity contribution in [3.63, 3.8) is 0 Å². The van der Waals surface area contributed by atoms with Crippen molar-refractivity contribution in [3.05, 3.63) is 0 Å². The van der Waals surface area contributed by atoms with Gasteiger partial charge < -0.3 is 5.32 Å². The fraction of sp³-hybridized carbons (Fsp3) is 1.00. The molecule has 8 heavy (non-hydrogen) atoms. The van der Waals surface area contributed by atoms with Gasteiger partial charge in [0.05, 0.1) is 4.05 Å². The van der Waals surface area contributed by atoms with E-state index in [4.69, 9.17) is 0 Å². The maximum atomic E-state index is 3.18. The van der Waals surface area contributed by atoms with Gasteiger partial charge in [0.1, 0.15) is 7.85 Å². The van der Waals surface area contributed by atoms with Crippen molar-refractivity contribution in [2.75, 3.05) is 7.05 Å². The highest BCUT2D eigenvalue weighted by Crippen LogP contribution is 2.11. The molecule has 0 spiro atoms. The van der Waals surface area contributed by atoms with E-state index in [1.807, 2.05) is 7.05 Å².